The molecule has 0 saturated heterocycles. The summed E-state index contributed by atoms with van der Waals surface area (Å²) in [5.41, 5.74) is 0. The van der Waals surface area contributed by atoms with Crippen molar-refractivity contribution in [1.82, 2.24) is 4.72 Å². The summed E-state index contributed by atoms with van der Waals surface area (Å²) >= 11 is 0. The molecule has 1 unspecified atom stereocenters. The summed E-state index contributed by atoms with van der Waals surface area (Å²) in [6, 6.07) is 0.210. The van der Waals surface area contributed by atoms with Crippen LogP contribution in [-0.2, 0) is 14.8 Å². The number of hydrogen-bond donors (Lipinski definition) is 2. The SMILES string of the molecule is Cc1cc(S(=O)(=O)NC(C(=O)O)C(C)C)c(C)o1. The first-order chi connectivity index (χ1) is 8.15. The maximum Gasteiger partial charge on any atom is 0.322 e. The van der Waals surface area contributed by atoms with Crippen molar-refractivity contribution in [1.29, 1.82) is 0 Å². The van der Waals surface area contributed by atoms with Gasteiger partial charge in [0, 0.05) is 0 Å². The molecule has 0 aliphatic rings. The summed E-state index contributed by atoms with van der Waals surface area (Å²) < 4.78 is 31.4. The lowest BCUT2D eigenvalue weighted by molar-refractivity contribution is -0.140. The second-order valence-electron chi connectivity index (χ2n) is 4.46. The van der Waals surface area contributed by atoms with Crippen LogP contribution in [0.1, 0.15) is 25.4 Å². The molecule has 0 spiro atoms. The Morgan fingerprint density at radius 1 is 1.39 bits per heavy atom. The van der Waals surface area contributed by atoms with Crippen LogP contribution < -0.4 is 4.72 Å². The highest BCUT2D eigenvalue weighted by Crippen LogP contribution is 2.20. The van der Waals surface area contributed by atoms with Gasteiger partial charge in [-0.1, -0.05) is 13.8 Å². The van der Waals surface area contributed by atoms with Gasteiger partial charge in [0.15, 0.2) is 0 Å². The Hall–Kier alpha value is -1.34. The van der Waals surface area contributed by atoms with Gasteiger partial charge in [0.2, 0.25) is 10.0 Å². The Kier molecular flexibility index (Phi) is 4.18. The van der Waals surface area contributed by atoms with Gasteiger partial charge in [-0.2, -0.15) is 4.72 Å². The van der Waals surface area contributed by atoms with Crippen molar-refractivity contribution in [2.24, 2.45) is 5.92 Å². The van der Waals surface area contributed by atoms with E-state index in [4.69, 9.17) is 9.52 Å². The molecule has 1 aromatic rings. The summed E-state index contributed by atoms with van der Waals surface area (Å²) in [4.78, 5) is 11.0. The van der Waals surface area contributed by atoms with Crippen LogP contribution >= 0.6 is 0 Å². The highest BCUT2D eigenvalue weighted by molar-refractivity contribution is 7.89. The predicted molar refractivity (Wildman–Crippen MR) is 64.8 cm³/mol. The monoisotopic (exact) mass is 275 g/mol. The smallest absolute Gasteiger partial charge is 0.322 e. The van der Waals surface area contributed by atoms with E-state index in [1.54, 1.807) is 20.8 Å². The molecule has 102 valence electrons. The summed E-state index contributed by atoms with van der Waals surface area (Å²) in [6.07, 6.45) is 0. The largest absolute Gasteiger partial charge is 0.480 e. The number of carbonyl (C=O) groups is 1. The number of furan rings is 1. The summed E-state index contributed by atoms with van der Waals surface area (Å²) in [6.45, 7) is 6.42. The van der Waals surface area contributed by atoms with Crippen LogP contribution in [0.4, 0.5) is 0 Å². The molecule has 0 bridgehead atoms. The molecule has 0 aliphatic carbocycles. The zero-order chi connectivity index (χ0) is 14.1. The fraction of sp³-hybridized carbons (Fsp3) is 0.545. The van der Waals surface area contributed by atoms with E-state index in [-0.39, 0.29) is 16.6 Å². The molecule has 0 radical (unpaired) electrons. The van der Waals surface area contributed by atoms with Crippen molar-refractivity contribution in [2.75, 3.05) is 0 Å². The van der Waals surface area contributed by atoms with Gasteiger partial charge in [-0.05, 0) is 25.8 Å². The van der Waals surface area contributed by atoms with Gasteiger partial charge in [0.05, 0.1) is 0 Å². The Labute approximate surface area is 106 Å². The molecule has 0 saturated carbocycles. The van der Waals surface area contributed by atoms with Gasteiger partial charge >= 0.3 is 5.97 Å². The molecular formula is C11H17NO5S. The second kappa shape index (κ2) is 5.11. The van der Waals surface area contributed by atoms with E-state index in [0.717, 1.165) is 0 Å². The molecule has 0 aromatic carbocycles. The maximum absolute atomic E-state index is 12.1. The maximum atomic E-state index is 12.1. The number of rotatable bonds is 5. The van der Waals surface area contributed by atoms with Crippen LogP contribution in [0.2, 0.25) is 0 Å². The molecule has 1 rings (SSSR count). The van der Waals surface area contributed by atoms with Gasteiger partial charge in [0.25, 0.3) is 0 Å². The van der Waals surface area contributed by atoms with E-state index in [2.05, 4.69) is 4.72 Å². The fourth-order valence-electron chi connectivity index (χ4n) is 1.58. The van der Waals surface area contributed by atoms with Crippen molar-refractivity contribution >= 4 is 16.0 Å². The van der Waals surface area contributed by atoms with Gasteiger partial charge < -0.3 is 9.52 Å². The van der Waals surface area contributed by atoms with Crippen LogP contribution in [0.25, 0.3) is 0 Å². The number of hydrogen-bond acceptors (Lipinski definition) is 4. The molecule has 7 heteroatoms. The fourth-order valence-corrected chi connectivity index (χ4v) is 3.15. The Bertz CT molecular complexity index is 544. The van der Waals surface area contributed by atoms with Gasteiger partial charge in [-0.3, -0.25) is 4.79 Å². The van der Waals surface area contributed by atoms with E-state index < -0.39 is 22.0 Å². The van der Waals surface area contributed by atoms with Crippen LogP contribution in [-0.4, -0.2) is 25.5 Å². The Morgan fingerprint density at radius 2 is 1.94 bits per heavy atom. The molecule has 0 aliphatic heterocycles. The van der Waals surface area contributed by atoms with Crippen molar-refractivity contribution < 1.29 is 22.7 Å². The Morgan fingerprint density at radius 3 is 2.28 bits per heavy atom. The number of carboxylic acids is 1. The van der Waals surface area contributed by atoms with Crippen molar-refractivity contribution in [2.45, 2.75) is 38.6 Å². The number of sulfonamides is 1. The third-order valence-electron chi connectivity index (χ3n) is 2.50. The van der Waals surface area contributed by atoms with Gasteiger partial charge in [-0.15, -0.1) is 0 Å². The van der Waals surface area contributed by atoms with Crippen LogP contribution in [0.3, 0.4) is 0 Å². The molecule has 2 N–H and O–H groups in total. The minimum atomic E-state index is -3.88. The first kappa shape index (κ1) is 14.7. The lowest BCUT2D eigenvalue weighted by Crippen LogP contribution is -2.44. The van der Waals surface area contributed by atoms with E-state index in [1.807, 2.05) is 0 Å². The highest BCUT2D eigenvalue weighted by atomic mass is 32.2. The van der Waals surface area contributed by atoms with E-state index >= 15 is 0 Å². The number of aliphatic carboxylic acids is 1. The standard InChI is InChI=1S/C11H17NO5S/c1-6(2)10(11(13)14)12-18(15,16)9-5-7(3)17-8(9)4/h5-6,10,12H,1-4H3,(H,13,14). The van der Waals surface area contributed by atoms with E-state index in [0.29, 0.717) is 5.76 Å². The van der Waals surface area contributed by atoms with Crippen molar-refractivity contribution in [3.8, 4) is 0 Å². The van der Waals surface area contributed by atoms with Crippen LogP contribution in [0.5, 0.6) is 0 Å². The molecule has 6 nitrogen and oxygen atoms in total. The lowest BCUT2D eigenvalue weighted by atomic mass is 10.1. The predicted octanol–water partition coefficient (Wildman–Crippen LogP) is 1.28. The lowest BCUT2D eigenvalue weighted by Gasteiger charge is -2.17. The molecule has 0 fully saturated rings. The first-order valence-electron chi connectivity index (χ1n) is 5.47. The highest BCUT2D eigenvalue weighted by Gasteiger charge is 2.30. The number of aryl methyl sites for hydroxylation is 2. The van der Waals surface area contributed by atoms with Crippen LogP contribution in [0, 0.1) is 19.8 Å². The molecule has 1 heterocycles. The summed E-state index contributed by atoms with van der Waals surface area (Å²) in [7, 11) is -3.88. The quantitative estimate of drug-likeness (QED) is 0.843. The van der Waals surface area contributed by atoms with Crippen LogP contribution in [0.15, 0.2) is 15.4 Å². The number of nitrogens with one attached hydrogen (secondary N) is 1. The topological polar surface area (TPSA) is 96.6 Å². The average Bonchev–Trinajstić information content (AvgIpc) is 2.54. The third-order valence-corrected chi connectivity index (χ3v) is 4.05. The third kappa shape index (κ3) is 3.11. The Balaban J connectivity index is 3.08. The summed E-state index contributed by atoms with van der Waals surface area (Å²) in [5.74, 6) is -0.853. The molecule has 18 heavy (non-hydrogen) atoms. The van der Waals surface area contributed by atoms with Gasteiger partial charge in [0.1, 0.15) is 22.5 Å². The number of carboxylic acid groups (broad SMARTS) is 1. The molecule has 0 amide bonds. The van der Waals surface area contributed by atoms with Crippen molar-refractivity contribution in [3.05, 3.63) is 17.6 Å². The minimum absolute atomic E-state index is 0.0214. The van der Waals surface area contributed by atoms with E-state index in [1.165, 1.54) is 13.0 Å². The minimum Gasteiger partial charge on any atom is -0.480 e. The average molecular weight is 275 g/mol. The molecule has 1 atom stereocenters. The summed E-state index contributed by atoms with van der Waals surface area (Å²) in [5, 5.41) is 8.98. The second-order valence-corrected chi connectivity index (χ2v) is 6.14. The van der Waals surface area contributed by atoms with Gasteiger partial charge in [-0.25, -0.2) is 8.42 Å². The first-order valence-corrected chi connectivity index (χ1v) is 6.95. The van der Waals surface area contributed by atoms with Crippen molar-refractivity contribution in [3.63, 3.8) is 0 Å². The molecular weight excluding hydrogens is 258 g/mol. The molecule has 1 aromatic heterocycles. The normalized spacial score (nSPS) is 13.8. The van der Waals surface area contributed by atoms with E-state index in [9.17, 15) is 13.2 Å². The zero-order valence-electron chi connectivity index (χ0n) is 10.7. The zero-order valence-corrected chi connectivity index (χ0v) is 11.5.